The molecule has 0 radical (unpaired) electrons. The van der Waals surface area contributed by atoms with Gasteiger partial charge in [0, 0.05) is 30.4 Å². The van der Waals surface area contributed by atoms with Crippen molar-refractivity contribution in [2.24, 2.45) is 0 Å². The molecule has 0 unspecified atom stereocenters. The van der Waals surface area contributed by atoms with E-state index in [9.17, 15) is 4.79 Å². The lowest BCUT2D eigenvalue weighted by atomic mass is 10.2. The highest BCUT2D eigenvalue weighted by molar-refractivity contribution is 5.91. The van der Waals surface area contributed by atoms with Gasteiger partial charge in [0.2, 0.25) is 5.91 Å². The Morgan fingerprint density at radius 1 is 1.32 bits per heavy atom. The number of carbonyl (C=O) groups excluding carboxylic acids is 1. The van der Waals surface area contributed by atoms with Crippen LogP contribution in [0.3, 0.4) is 0 Å². The second-order valence-electron chi connectivity index (χ2n) is 5.34. The first-order chi connectivity index (χ1) is 10.8. The molecule has 5 nitrogen and oxygen atoms in total. The molecule has 0 saturated carbocycles. The second kappa shape index (κ2) is 7.24. The molecular weight excluding hydrogens is 280 g/mol. The zero-order chi connectivity index (χ0) is 15.2. The predicted octanol–water partition coefficient (Wildman–Crippen LogP) is 2.61. The summed E-state index contributed by atoms with van der Waals surface area (Å²) in [7, 11) is 0. The van der Waals surface area contributed by atoms with Gasteiger partial charge in [0.15, 0.2) is 0 Å². The van der Waals surface area contributed by atoms with Crippen LogP contribution in [0.1, 0.15) is 12.8 Å². The number of amides is 1. The van der Waals surface area contributed by atoms with Crippen LogP contribution in [0, 0.1) is 0 Å². The normalized spacial score (nSPS) is 17.5. The average molecular weight is 300 g/mol. The fourth-order valence-corrected chi connectivity index (χ4v) is 2.51. The molecule has 1 aliphatic rings. The lowest BCUT2D eigenvalue weighted by Crippen LogP contribution is -2.22. The molecule has 0 spiro atoms. The summed E-state index contributed by atoms with van der Waals surface area (Å²) >= 11 is 0. The third-order valence-corrected chi connectivity index (χ3v) is 3.59. The number of aromatic nitrogens is 1. The van der Waals surface area contributed by atoms with Gasteiger partial charge in [0.25, 0.3) is 0 Å². The summed E-state index contributed by atoms with van der Waals surface area (Å²) in [4.78, 5) is 11.9. The molecule has 22 heavy (non-hydrogen) atoms. The lowest BCUT2D eigenvalue weighted by Gasteiger charge is -2.11. The molecule has 1 N–H and O–H groups in total. The van der Waals surface area contributed by atoms with Crippen molar-refractivity contribution in [1.29, 1.82) is 0 Å². The van der Waals surface area contributed by atoms with Crippen LogP contribution in [0.2, 0.25) is 0 Å². The third kappa shape index (κ3) is 3.96. The van der Waals surface area contributed by atoms with E-state index in [1.54, 1.807) is 0 Å². The molecule has 1 aromatic heterocycles. The van der Waals surface area contributed by atoms with E-state index in [1.165, 1.54) is 0 Å². The van der Waals surface area contributed by atoms with Crippen molar-refractivity contribution in [2.75, 3.05) is 25.1 Å². The first kappa shape index (κ1) is 14.8. The monoisotopic (exact) mass is 300 g/mol. The van der Waals surface area contributed by atoms with Crippen LogP contribution in [0.5, 0.6) is 0 Å². The zero-order valence-electron chi connectivity index (χ0n) is 12.4. The molecule has 2 heterocycles. The minimum Gasteiger partial charge on any atom is -0.376 e. The molecule has 1 saturated heterocycles. The van der Waals surface area contributed by atoms with E-state index in [2.05, 4.69) is 5.32 Å². The minimum atomic E-state index is -0.150. The Hall–Kier alpha value is -2.11. The first-order valence-corrected chi connectivity index (χ1v) is 7.54. The Balaban J connectivity index is 1.49. The first-order valence-electron chi connectivity index (χ1n) is 7.54. The molecule has 1 aromatic carbocycles. The summed E-state index contributed by atoms with van der Waals surface area (Å²) in [6.45, 7) is 1.33. The summed E-state index contributed by atoms with van der Waals surface area (Å²) in [6.07, 6.45) is 6.16. The average Bonchev–Trinajstić information content (AvgIpc) is 3.21. The van der Waals surface area contributed by atoms with Crippen molar-refractivity contribution in [3.05, 3.63) is 48.8 Å². The van der Waals surface area contributed by atoms with E-state index in [-0.39, 0.29) is 18.6 Å². The quantitative estimate of drug-likeness (QED) is 0.892. The molecule has 1 amide bonds. The molecule has 3 rings (SSSR count). The predicted molar refractivity (Wildman–Crippen MR) is 84.2 cm³/mol. The van der Waals surface area contributed by atoms with E-state index in [4.69, 9.17) is 9.47 Å². The Morgan fingerprint density at radius 2 is 2.18 bits per heavy atom. The Morgan fingerprint density at radius 3 is 2.95 bits per heavy atom. The molecule has 1 fully saturated rings. The highest BCUT2D eigenvalue weighted by Crippen LogP contribution is 2.15. The van der Waals surface area contributed by atoms with Gasteiger partial charge in [-0.05, 0) is 43.2 Å². The number of carbonyl (C=O) groups is 1. The van der Waals surface area contributed by atoms with E-state index in [1.807, 2.05) is 53.4 Å². The van der Waals surface area contributed by atoms with E-state index in [0.717, 1.165) is 30.8 Å². The van der Waals surface area contributed by atoms with E-state index in [0.29, 0.717) is 6.61 Å². The lowest BCUT2D eigenvalue weighted by molar-refractivity contribution is -0.121. The van der Waals surface area contributed by atoms with Crippen molar-refractivity contribution >= 4 is 11.6 Å². The van der Waals surface area contributed by atoms with Gasteiger partial charge in [-0.2, -0.15) is 0 Å². The maximum absolute atomic E-state index is 11.9. The Bertz CT molecular complexity index is 604. The third-order valence-electron chi connectivity index (χ3n) is 3.59. The van der Waals surface area contributed by atoms with Crippen molar-refractivity contribution in [3.8, 4) is 5.69 Å². The van der Waals surface area contributed by atoms with Gasteiger partial charge in [0.1, 0.15) is 6.61 Å². The molecule has 116 valence electrons. The molecule has 2 aromatic rings. The van der Waals surface area contributed by atoms with Crippen LogP contribution in [-0.4, -0.2) is 36.4 Å². The van der Waals surface area contributed by atoms with Crippen molar-refractivity contribution in [2.45, 2.75) is 18.9 Å². The van der Waals surface area contributed by atoms with Gasteiger partial charge < -0.3 is 19.4 Å². The molecular formula is C17H20N2O3. The maximum Gasteiger partial charge on any atom is 0.250 e. The second-order valence-corrected chi connectivity index (χ2v) is 5.34. The summed E-state index contributed by atoms with van der Waals surface area (Å²) in [5.74, 6) is -0.150. The zero-order valence-corrected chi connectivity index (χ0v) is 12.4. The molecule has 1 atom stereocenters. The van der Waals surface area contributed by atoms with Crippen LogP contribution in [-0.2, 0) is 14.3 Å². The van der Waals surface area contributed by atoms with Gasteiger partial charge in [-0.15, -0.1) is 0 Å². The van der Waals surface area contributed by atoms with Gasteiger partial charge in [-0.25, -0.2) is 0 Å². The highest BCUT2D eigenvalue weighted by Gasteiger charge is 2.15. The number of rotatable bonds is 6. The molecule has 0 bridgehead atoms. The van der Waals surface area contributed by atoms with Crippen LogP contribution < -0.4 is 5.32 Å². The Labute approximate surface area is 129 Å². The number of ether oxygens (including phenoxy) is 2. The topological polar surface area (TPSA) is 52.5 Å². The number of anilines is 1. The van der Waals surface area contributed by atoms with Crippen molar-refractivity contribution in [3.63, 3.8) is 0 Å². The molecule has 5 heteroatoms. The van der Waals surface area contributed by atoms with Crippen molar-refractivity contribution in [1.82, 2.24) is 4.57 Å². The number of benzene rings is 1. The Kier molecular flexibility index (Phi) is 4.88. The van der Waals surface area contributed by atoms with E-state index < -0.39 is 0 Å². The summed E-state index contributed by atoms with van der Waals surface area (Å²) in [5, 5.41) is 2.85. The number of nitrogens with one attached hydrogen (secondary N) is 1. The van der Waals surface area contributed by atoms with E-state index >= 15 is 0 Å². The summed E-state index contributed by atoms with van der Waals surface area (Å²) in [6, 6.07) is 11.6. The van der Waals surface area contributed by atoms with Gasteiger partial charge >= 0.3 is 0 Å². The summed E-state index contributed by atoms with van der Waals surface area (Å²) < 4.78 is 12.9. The van der Waals surface area contributed by atoms with Crippen LogP contribution in [0.15, 0.2) is 48.8 Å². The van der Waals surface area contributed by atoms with Gasteiger partial charge in [-0.3, -0.25) is 4.79 Å². The van der Waals surface area contributed by atoms with Crippen LogP contribution in [0.25, 0.3) is 5.69 Å². The standard InChI is InChI=1S/C17H20N2O3/c20-17(13-21-12-16-7-4-10-22-16)18-14-5-3-6-15(11-14)19-8-1-2-9-19/h1-3,5-6,8-9,11,16H,4,7,10,12-13H2,(H,18,20)/t16-/m0/s1. The summed E-state index contributed by atoms with van der Waals surface area (Å²) in [5.41, 5.74) is 1.76. The minimum absolute atomic E-state index is 0.0492. The van der Waals surface area contributed by atoms with Gasteiger partial charge in [-0.1, -0.05) is 6.07 Å². The van der Waals surface area contributed by atoms with Crippen LogP contribution >= 0.6 is 0 Å². The molecule has 1 aliphatic heterocycles. The number of nitrogens with zero attached hydrogens (tertiary/aromatic N) is 1. The van der Waals surface area contributed by atoms with Crippen LogP contribution in [0.4, 0.5) is 5.69 Å². The SMILES string of the molecule is O=C(COC[C@@H]1CCCO1)Nc1cccc(-n2cccc2)c1. The van der Waals surface area contributed by atoms with Crippen molar-refractivity contribution < 1.29 is 14.3 Å². The number of hydrogen-bond donors (Lipinski definition) is 1. The smallest absolute Gasteiger partial charge is 0.250 e. The largest absolute Gasteiger partial charge is 0.376 e. The molecule has 0 aliphatic carbocycles. The fourth-order valence-electron chi connectivity index (χ4n) is 2.51. The van der Waals surface area contributed by atoms with Gasteiger partial charge in [0.05, 0.1) is 12.7 Å². The number of hydrogen-bond acceptors (Lipinski definition) is 3. The fraction of sp³-hybridized carbons (Fsp3) is 0.353. The highest BCUT2D eigenvalue weighted by atomic mass is 16.5. The maximum atomic E-state index is 11.9.